The van der Waals surface area contributed by atoms with E-state index in [1.165, 1.54) is 11.1 Å². The summed E-state index contributed by atoms with van der Waals surface area (Å²) in [5.74, 6) is 1.42. The number of ether oxygens (including phenoxy) is 1. The van der Waals surface area contributed by atoms with E-state index >= 15 is 0 Å². The monoisotopic (exact) mass is 468 g/mol. The molecule has 0 saturated heterocycles. The van der Waals surface area contributed by atoms with Crippen molar-refractivity contribution in [2.45, 2.75) is 46.4 Å². The molecule has 1 heterocycles. The fourth-order valence-electron chi connectivity index (χ4n) is 2.49. The molecule has 0 radical (unpaired) electrons. The van der Waals surface area contributed by atoms with Gasteiger partial charge in [0, 0.05) is 32.4 Å². The Morgan fingerprint density at radius 3 is 2.35 bits per heavy atom. The molecule has 0 spiro atoms. The van der Waals surface area contributed by atoms with Gasteiger partial charge in [-0.2, -0.15) is 0 Å². The Kier molecular flexibility index (Phi) is 10.0. The minimum absolute atomic E-state index is 0. The van der Waals surface area contributed by atoms with Crippen LogP contribution in [0.15, 0.2) is 47.6 Å². The topological polar surface area (TPSA) is 58.5 Å². The van der Waals surface area contributed by atoms with Crippen LogP contribution in [0.4, 0.5) is 0 Å². The van der Waals surface area contributed by atoms with Crippen molar-refractivity contribution < 1.29 is 4.74 Å². The zero-order chi connectivity index (χ0) is 18.1. The predicted octanol–water partition coefficient (Wildman–Crippen LogP) is 3.91. The summed E-state index contributed by atoms with van der Waals surface area (Å²) in [5.41, 5.74) is 3.73. The summed E-state index contributed by atoms with van der Waals surface area (Å²) < 4.78 is 5.56. The number of aryl methyl sites for hydroxylation is 1. The number of guanidine groups is 1. The van der Waals surface area contributed by atoms with Gasteiger partial charge in [0.05, 0.1) is 6.10 Å². The highest BCUT2D eigenvalue weighted by Gasteiger charge is 2.03. The van der Waals surface area contributed by atoms with Crippen LogP contribution in [0.1, 0.15) is 37.5 Å². The lowest BCUT2D eigenvalue weighted by molar-refractivity contribution is 0.232. The maximum atomic E-state index is 5.56. The molecule has 0 fully saturated rings. The SMILES string of the molecule is CCc1ccccc1CNC(=NC)NCc1ccc(OC(C)C)nc1.I. The number of hydrogen-bond donors (Lipinski definition) is 2. The number of aromatic nitrogens is 1. The fraction of sp³-hybridized carbons (Fsp3) is 0.400. The Balaban J connectivity index is 0.00000338. The van der Waals surface area contributed by atoms with Crippen LogP contribution >= 0.6 is 24.0 Å². The van der Waals surface area contributed by atoms with Gasteiger partial charge in [-0.05, 0) is 37.0 Å². The summed E-state index contributed by atoms with van der Waals surface area (Å²) in [6.45, 7) is 7.56. The maximum Gasteiger partial charge on any atom is 0.213 e. The molecule has 2 aromatic rings. The first-order valence-corrected chi connectivity index (χ1v) is 8.75. The normalized spacial score (nSPS) is 11.0. The van der Waals surface area contributed by atoms with Gasteiger partial charge in [-0.3, -0.25) is 4.99 Å². The van der Waals surface area contributed by atoms with E-state index in [4.69, 9.17) is 4.74 Å². The van der Waals surface area contributed by atoms with Gasteiger partial charge in [0.25, 0.3) is 0 Å². The molecule has 1 aromatic heterocycles. The van der Waals surface area contributed by atoms with Crippen molar-refractivity contribution in [1.82, 2.24) is 15.6 Å². The quantitative estimate of drug-likeness (QED) is 0.368. The molecule has 0 amide bonds. The van der Waals surface area contributed by atoms with E-state index in [0.29, 0.717) is 12.4 Å². The molecule has 2 N–H and O–H groups in total. The van der Waals surface area contributed by atoms with Gasteiger partial charge in [-0.1, -0.05) is 37.3 Å². The molecule has 0 aliphatic carbocycles. The second-order valence-electron chi connectivity index (χ2n) is 6.07. The average Bonchev–Trinajstić information content (AvgIpc) is 2.63. The number of hydrogen-bond acceptors (Lipinski definition) is 3. The highest BCUT2D eigenvalue weighted by atomic mass is 127. The van der Waals surface area contributed by atoms with E-state index in [1.54, 1.807) is 7.05 Å². The van der Waals surface area contributed by atoms with Crippen LogP contribution in [0.25, 0.3) is 0 Å². The molecule has 0 bridgehead atoms. The number of nitrogens with one attached hydrogen (secondary N) is 2. The van der Waals surface area contributed by atoms with Crippen molar-refractivity contribution in [2.75, 3.05) is 7.05 Å². The summed E-state index contributed by atoms with van der Waals surface area (Å²) in [6, 6.07) is 12.4. The summed E-state index contributed by atoms with van der Waals surface area (Å²) >= 11 is 0. The van der Waals surface area contributed by atoms with Crippen LogP contribution < -0.4 is 15.4 Å². The van der Waals surface area contributed by atoms with Crippen molar-refractivity contribution >= 4 is 29.9 Å². The van der Waals surface area contributed by atoms with Gasteiger partial charge >= 0.3 is 0 Å². The van der Waals surface area contributed by atoms with Crippen LogP contribution in [0.2, 0.25) is 0 Å². The highest BCUT2D eigenvalue weighted by Crippen LogP contribution is 2.10. The summed E-state index contributed by atoms with van der Waals surface area (Å²) in [4.78, 5) is 8.60. The lowest BCUT2D eigenvalue weighted by atomic mass is 10.1. The summed E-state index contributed by atoms with van der Waals surface area (Å²) in [5, 5.41) is 6.67. The van der Waals surface area contributed by atoms with Gasteiger partial charge in [0.2, 0.25) is 5.88 Å². The zero-order valence-electron chi connectivity index (χ0n) is 16.0. The third-order valence-electron chi connectivity index (χ3n) is 3.78. The maximum absolute atomic E-state index is 5.56. The van der Waals surface area contributed by atoms with Gasteiger partial charge < -0.3 is 15.4 Å². The Labute approximate surface area is 173 Å². The Bertz CT molecular complexity index is 686. The Morgan fingerprint density at radius 1 is 1.08 bits per heavy atom. The standard InChI is InChI=1S/C20H28N4O.HI/c1-5-17-8-6-7-9-18(17)14-24-20(21-4)23-13-16-10-11-19(22-12-16)25-15(2)3;/h6-12,15H,5,13-14H2,1-4H3,(H2,21,23,24);1H. The minimum atomic E-state index is 0. The summed E-state index contributed by atoms with van der Waals surface area (Å²) in [7, 11) is 1.78. The molecule has 0 unspecified atom stereocenters. The lowest BCUT2D eigenvalue weighted by Gasteiger charge is -2.14. The van der Waals surface area contributed by atoms with E-state index in [1.807, 2.05) is 32.2 Å². The van der Waals surface area contributed by atoms with Crippen molar-refractivity contribution in [1.29, 1.82) is 0 Å². The number of nitrogens with zero attached hydrogens (tertiary/aromatic N) is 2. The van der Waals surface area contributed by atoms with Crippen molar-refractivity contribution in [2.24, 2.45) is 4.99 Å². The van der Waals surface area contributed by atoms with E-state index in [2.05, 4.69) is 51.8 Å². The second-order valence-corrected chi connectivity index (χ2v) is 6.07. The van der Waals surface area contributed by atoms with E-state index in [9.17, 15) is 0 Å². The number of benzene rings is 1. The summed E-state index contributed by atoms with van der Waals surface area (Å²) in [6.07, 6.45) is 2.98. The molecule has 0 atom stereocenters. The molecule has 2 rings (SSSR count). The fourth-order valence-corrected chi connectivity index (χ4v) is 2.49. The third kappa shape index (κ3) is 7.19. The van der Waals surface area contributed by atoms with Gasteiger partial charge in [0.1, 0.15) is 0 Å². The van der Waals surface area contributed by atoms with E-state index in [-0.39, 0.29) is 30.1 Å². The number of pyridine rings is 1. The first kappa shape index (κ1) is 22.2. The van der Waals surface area contributed by atoms with Gasteiger partial charge in [0.15, 0.2) is 5.96 Å². The Hall–Kier alpha value is -1.83. The van der Waals surface area contributed by atoms with E-state index < -0.39 is 0 Å². The van der Waals surface area contributed by atoms with Crippen LogP contribution in [0.3, 0.4) is 0 Å². The molecule has 1 aromatic carbocycles. The number of rotatable bonds is 7. The highest BCUT2D eigenvalue weighted by molar-refractivity contribution is 14.0. The minimum Gasteiger partial charge on any atom is -0.475 e. The third-order valence-corrected chi connectivity index (χ3v) is 3.78. The predicted molar refractivity (Wildman–Crippen MR) is 118 cm³/mol. The van der Waals surface area contributed by atoms with Crippen LogP contribution in [0, 0.1) is 0 Å². The molecule has 6 heteroatoms. The van der Waals surface area contributed by atoms with Crippen LogP contribution in [-0.4, -0.2) is 24.1 Å². The smallest absolute Gasteiger partial charge is 0.213 e. The molecular weight excluding hydrogens is 439 g/mol. The zero-order valence-corrected chi connectivity index (χ0v) is 18.3. The van der Waals surface area contributed by atoms with Gasteiger partial charge in [-0.25, -0.2) is 4.98 Å². The lowest BCUT2D eigenvalue weighted by Crippen LogP contribution is -2.36. The molecular formula is C20H29IN4O. The van der Waals surface area contributed by atoms with Crippen LogP contribution in [0.5, 0.6) is 5.88 Å². The first-order chi connectivity index (χ1) is 12.1. The van der Waals surface area contributed by atoms with Crippen molar-refractivity contribution in [3.05, 3.63) is 59.3 Å². The molecule has 5 nitrogen and oxygen atoms in total. The first-order valence-electron chi connectivity index (χ1n) is 8.75. The van der Waals surface area contributed by atoms with Crippen molar-refractivity contribution in [3.8, 4) is 5.88 Å². The second kappa shape index (κ2) is 11.7. The molecule has 0 aliphatic heterocycles. The Morgan fingerprint density at radius 2 is 1.77 bits per heavy atom. The number of halogens is 1. The molecule has 142 valence electrons. The molecule has 0 aliphatic rings. The van der Waals surface area contributed by atoms with Gasteiger partial charge in [-0.15, -0.1) is 24.0 Å². The molecule has 0 saturated carbocycles. The average molecular weight is 468 g/mol. The number of aliphatic imine (C=N–C) groups is 1. The van der Waals surface area contributed by atoms with Crippen LogP contribution in [-0.2, 0) is 19.5 Å². The van der Waals surface area contributed by atoms with Crippen molar-refractivity contribution in [3.63, 3.8) is 0 Å². The van der Waals surface area contributed by atoms with E-state index in [0.717, 1.165) is 24.5 Å². The molecule has 26 heavy (non-hydrogen) atoms. The largest absolute Gasteiger partial charge is 0.475 e.